The number of esters is 1. The third-order valence-electron chi connectivity index (χ3n) is 4.07. The lowest BCUT2D eigenvalue weighted by Crippen LogP contribution is -2.40. The van der Waals surface area contributed by atoms with E-state index in [2.05, 4.69) is 10.6 Å². The molecule has 1 saturated heterocycles. The minimum atomic E-state index is -1.27. The fraction of sp³-hybridized carbons (Fsp3) is 0.412. The second kappa shape index (κ2) is 8.20. The molecule has 0 radical (unpaired) electrons. The lowest BCUT2D eigenvalue weighted by atomic mass is 10.1. The highest BCUT2D eigenvalue weighted by Gasteiger charge is 2.44. The van der Waals surface area contributed by atoms with Crippen LogP contribution in [-0.2, 0) is 19.1 Å². The van der Waals surface area contributed by atoms with Crippen LogP contribution in [0.1, 0.15) is 27.2 Å². The molecule has 4 amide bonds. The van der Waals surface area contributed by atoms with Crippen molar-refractivity contribution in [1.82, 2.24) is 10.2 Å². The fourth-order valence-corrected chi connectivity index (χ4v) is 2.51. The van der Waals surface area contributed by atoms with E-state index in [1.165, 1.54) is 20.8 Å². The summed E-state index contributed by atoms with van der Waals surface area (Å²) in [6.45, 7) is 4.10. The maximum absolute atomic E-state index is 13.3. The molecule has 0 aliphatic carbocycles. The van der Waals surface area contributed by atoms with Crippen molar-refractivity contribution in [2.24, 2.45) is 0 Å². The number of nitro benzene ring substituents is 1. The number of rotatable bonds is 7. The quantitative estimate of drug-likeness (QED) is 0.298. The van der Waals surface area contributed by atoms with E-state index in [1.807, 2.05) is 0 Å². The molecule has 0 saturated carbocycles. The maximum Gasteiger partial charge on any atom is 0.325 e. The molecular weight excluding hydrogens is 391 g/mol. The number of amides is 4. The summed E-state index contributed by atoms with van der Waals surface area (Å²) in [5.41, 5.74) is -1.93. The number of ether oxygens (including phenoxy) is 1. The summed E-state index contributed by atoms with van der Waals surface area (Å²) in [7, 11) is 0. The molecule has 12 heteroatoms. The minimum absolute atomic E-state index is 0.0486. The van der Waals surface area contributed by atoms with E-state index in [9.17, 15) is 33.7 Å². The first kappa shape index (κ1) is 21.7. The standard InChI is InChI=1S/C17H19FN4O7/c1-9(14(24)19-10-4-5-11(18)12(8-10)22(27)28)29-13(23)6-7-21-15(25)17(2,3)20-16(21)26/h4-5,8-9H,6-7H2,1-3H3,(H,19,24)(H,20,26). The SMILES string of the molecule is CC(OC(=O)CCN1C(=O)NC(C)(C)C1=O)C(=O)Nc1ccc(F)c([N+](=O)[O-])c1. The number of hydrogen-bond donors (Lipinski definition) is 2. The Labute approximate surface area is 164 Å². The van der Waals surface area contributed by atoms with Gasteiger partial charge in [0.15, 0.2) is 6.10 Å². The molecule has 2 rings (SSSR count). The molecule has 1 aliphatic heterocycles. The van der Waals surface area contributed by atoms with Crippen molar-refractivity contribution in [1.29, 1.82) is 0 Å². The average molecular weight is 410 g/mol. The molecule has 0 bridgehead atoms. The number of imide groups is 1. The molecular formula is C17H19FN4O7. The number of anilines is 1. The molecule has 1 unspecified atom stereocenters. The predicted molar refractivity (Wildman–Crippen MR) is 96.2 cm³/mol. The van der Waals surface area contributed by atoms with Crippen LogP contribution in [-0.4, -0.2) is 51.8 Å². The first-order valence-electron chi connectivity index (χ1n) is 8.51. The molecule has 29 heavy (non-hydrogen) atoms. The van der Waals surface area contributed by atoms with Crippen LogP contribution in [0.25, 0.3) is 0 Å². The van der Waals surface area contributed by atoms with Gasteiger partial charge < -0.3 is 15.4 Å². The van der Waals surface area contributed by atoms with Crippen molar-refractivity contribution in [3.8, 4) is 0 Å². The Morgan fingerprint density at radius 3 is 2.59 bits per heavy atom. The van der Waals surface area contributed by atoms with Gasteiger partial charge in [0.05, 0.1) is 11.3 Å². The molecule has 1 aromatic rings. The number of benzene rings is 1. The number of halogens is 1. The van der Waals surface area contributed by atoms with Crippen LogP contribution >= 0.6 is 0 Å². The van der Waals surface area contributed by atoms with E-state index in [0.717, 1.165) is 23.1 Å². The van der Waals surface area contributed by atoms with Crippen LogP contribution in [0.2, 0.25) is 0 Å². The monoisotopic (exact) mass is 410 g/mol. The maximum atomic E-state index is 13.3. The third-order valence-corrected chi connectivity index (χ3v) is 4.07. The number of urea groups is 1. The van der Waals surface area contributed by atoms with E-state index in [-0.39, 0.29) is 18.7 Å². The van der Waals surface area contributed by atoms with Gasteiger partial charge in [-0.1, -0.05) is 0 Å². The van der Waals surface area contributed by atoms with Gasteiger partial charge >= 0.3 is 17.7 Å². The van der Waals surface area contributed by atoms with E-state index in [0.29, 0.717) is 0 Å². The first-order chi connectivity index (χ1) is 13.4. The van der Waals surface area contributed by atoms with Gasteiger partial charge in [0, 0.05) is 18.3 Å². The summed E-state index contributed by atoms with van der Waals surface area (Å²) in [4.78, 5) is 58.5. The van der Waals surface area contributed by atoms with Gasteiger partial charge in [-0.2, -0.15) is 4.39 Å². The Morgan fingerprint density at radius 1 is 1.38 bits per heavy atom. The van der Waals surface area contributed by atoms with E-state index in [1.54, 1.807) is 0 Å². The Hall–Kier alpha value is -3.57. The number of carbonyl (C=O) groups excluding carboxylic acids is 4. The zero-order chi connectivity index (χ0) is 21.9. The molecule has 1 fully saturated rings. The average Bonchev–Trinajstić information content (AvgIpc) is 2.81. The number of hydrogen-bond acceptors (Lipinski definition) is 7. The number of nitro groups is 1. The number of nitrogens with one attached hydrogen (secondary N) is 2. The van der Waals surface area contributed by atoms with Crippen molar-refractivity contribution < 1.29 is 33.2 Å². The molecule has 1 aliphatic rings. The molecule has 11 nitrogen and oxygen atoms in total. The van der Waals surface area contributed by atoms with E-state index < -0.39 is 51.9 Å². The van der Waals surface area contributed by atoms with Gasteiger partial charge in [0.1, 0.15) is 5.54 Å². The molecule has 0 aromatic heterocycles. The van der Waals surface area contributed by atoms with Gasteiger partial charge in [-0.25, -0.2) is 4.79 Å². The number of carbonyl (C=O) groups is 4. The Balaban J connectivity index is 1.89. The molecule has 2 N–H and O–H groups in total. The molecule has 0 spiro atoms. The summed E-state index contributed by atoms with van der Waals surface area (Å²) >= 11 is 0. The summed E-state index contributed by atoms with van der Waals surface area (Å²) in [5.74, 6) is -3.17. The third kappa shape index (κ3) is 5.03. The zero-order valence-corrected chi connectivity index (χ0v) is 15.9. The summed E-state index contributed by atoms with van der Waals surface area (Å²) in [5, 5.41) is 15.5. The summed E-state index contributed by atoms with van der Waals surface area (Å²) < 4.78 is 18.3. The highest BCUT2D eigenvalue weighted by molar-refractivity contribution is 6.06. The van der Waals surface area contributed by atoms with Crippen LogP contribution in [0.5, 0.6) is 0 Å². The largest absolute Gasteiger partial charge is 0.452 e. The van der Waals surface area contributed by atoms with Crippen molar-refractivity contribution in [2.45, 2.75) is 38.8 Å². The molecule has 1 atom stereocenters. The van der Waals surface area contributed by atoms with Crippen LogP contribution < -0.4 is 10.6 Å². The van der Waals surface area contributed by atoms with Gasteiger partial charge in [-0.15, -0.1) is 0 Å². The van der Waals surface area contributed by atoms with E-state index in [4.69, 9.17) is 4.74 Å². The first-order valence-corrected chi connectivity index (χ1v) is 8.51. The summed E-state index contributed by atoms with van der Waals surface area (Å²) in [6, 6.07) is 2.15. The molecule has 156 valence electrons. The number of nitrogens with zero attached hydrogens (tertiary/aromatic N) is 2. The molecule has 1 heterocycles. The van der Waals surface area contributed by atoms with Crippen LogP contribution in [0.4, 0.5) is 20.6 Å². The fourth-order valence-electron chi connectivity index (χ4n) is 2.51. The van der Waals surface area contributed by atoms with Crippen molar-refractivity contribution in [3.05, 3.63) is 34.1 Å². The lowest BCUT2D eigenvalue weighted by Gasteiger charge is -2.17. The Kier molecular flexibility index (Phi) is 6.15. The Morgan fingerprint density at radius 2 is 2.03 bits per heavy atom. The Bertz CT molecular complexity index is 887. The van der Waals surface area contributed by atoms with Crippen LogP contribution in [0, 0.1) is 15.9 Å². The van der Waals surface area contributed by atoms with Crippen LogP contribution in [0.15, 0.2) is 18.2 Å². The highest BCUT2D eigenvalue weighted by Crippen LogP contribution is 2.22. The zero-order valence-electron chi connectivity index (χ0n) is 15.9. The van der Waals surface area contributed by atoms with Crippen LogP contribution in [0.3, 0.4) is 0 Å². The summed E-state index contributed by atoms with van der Waals surface area (Å²) in [6.07, 6.45) is -1.60. The minimum Gasteiger partial charge on any atom is -0.452 e. The van der Waals surface area contributed by atoms with Gasteiger partial charge in [0.25, 0.3) is 11.8 Å². The second-order valence-electron chi connectivity index (χ2n) is 6.81. The predicted octanol–water partition coefficient (Wildman–Crippen LogP) is 1.32. The van der Waals surface area contributed by atoms with Crippen molar-refractivity contribution in [2.75, 3.05) is 11.9 Å². The van der Waals surface area contributed by atoms with Crippen molar-refractivity contribution in [3.63, 3.8) is 0 Å². The van der Waals surface area contributed by atoms with E-state index >= 15 is 0 Å². The van der Waals surface area contributed by atoms with Gasteiger partial charge in [-0.3, -0.25) is 29.4 Å². The second-order valence-corrected chi connectivity index (χ2v) is 6.81. The highest BCUT2D eigenvalue weighted by atomic mass is 19.1. The smallest absolute Gasteiger partial charge is 0.325 e. The normalized spacial score (nSPS) is 16.2. The van der Waals surface area contributed by atoms with Crippen molar-refractivity contribution >= 4 is 35.2 Å². The van der Waals surface area contributed by atoms with Gasteiger partial charge in [0.2, 0.25) is 5.82 Å². The molecule has 1 aromatic carbocycles. The lowest BCUT2D eigenvalue weighted by molar-refractivity contribution is -0.387. The topological polar surface area (TPSA) is 148 Å². The van der Waals surface area contributed by atoms with Gasteiger partial charge in [-0.05, 0) is 32.9 Å².